The number of carbonyl (C=O) groups is 1. The molecule has 0 bridgehead atoms. The molecule has 2 rings (SSSR count). The molecule has 0 spiro atoms. The molecule has 2 aromatic rings. The van der Waals surface area contributed by atoms with Gasteiger partial charge in [0.2, 0.25) is 5.88 Å². The molecule has 0 saturated heterocycles. The Morgan fingerprint density at radius 2 is 2.24 bits per heavy atom. The predicted molar refractivity (Wildman–Crippen MR) is 55.5 cm³/mol. The molecular weight excluding hydrogens is 227 g/mol. The summed E-state index contributed by atoms with van der Waals surface area (Å²) in [5.74, 6) is -1.89. The van der Waals surface area contributed by atoms with Gasteiger partial charge in [-0.3, -0.25) is 4.98 Å². The van der Waals surface area contributed by atoms with Crippen LogP contribution in [0.2, 0.25) is 0 Å². The van der Waals surface area contributed by atoms with Crippen LogP contribution in [0.3, 0.4) is 0 Å². The van der Waals surface area contributed by atoms with E-state index in [1.54, 1.807) is 18.3 Å². The molecule has 6 heteroatoms. The number of hydrogen-bond donors (Lipinski definition) is 1. The number of aromatic carboxylic acids is 1. The zero-order valence-corrected chi connectivity index (χ0v) is 8.50. The molecule has 2 aromatic heterocycles. The normalized spacial score (nSPS) is 9.94. The lowest BCUT2D eigenvalue weighted by Gasteiger charge is -2.06. The van der Waals surface area contributed by atoms with Crippen molar-refractivity contribution in [2.45, 2.75) is 0 Å². The van der Waals surface area contributed by atoms with Crippen LogP contribution in [0.15, 0.2) is 36.8 Å². The maximum atomic E-state index is 12.9. The molecule has 0 aliphatic heterocycles. The van der Waals surface area contributed by atoms with Crippen molar-refractivity contribution in [2.75, 3.05) is 0 Å². The summed E-state index contributed by atoms with van der Waals surface area (Å²) >= 11 is 0. The second-order valence-corrected chi connectivity index (χ2v) is 3.10. The van der Waals surface area contributed by atoms with Gasteiger partial charge < -0.3 is 9.84 Å². The van der Waals surface area contributed by atoms with E-state index < -0.39 is 11.8 Å². The summed E-state index contributed by atoms with van der Waals surface area (Å²) in [5.41, 5.74) is -0.339. The van der Waals surface area contributed by atoms with Crippen LogP contribution in [-0.4, -0.2) is 21.0 Å². The molecule has 0 amide bonds. The van der Waals surface area contributed by atoms with E-state index in [-0.39, 0.29) is 11.4 Å². The molecule has 1 N–H and O–H groups in total. The molecule has 86 valence electrons. The second-order valence-electron chi connectivity index (χ2n) is 3.10. The van der Waals surface area contributed by atoms with Crippen LogP contribution in [-0.2, 0) is 0 Å². The van der Waals surface area contributed by atoms with Crippen LogP contribution in [0.1, 0.15) is 10.4 Å². The molecule has 0 saturated carbocycles. The van der Waals surface area contributed by atoms with Gasteiger partial charge in [0, 0.05) is 6.20 Å². The highest BCUT2D eigenvalue weighted by molar-refractivity contribution is 5.90. The quantitative estimate of drug-likeness (QED) is 0.880. The molecule has 0 aliphatic rings. The number of aromatic nitrogens is 2. The lowest BCUT2D eigenvalue weighted by molar-refractivity contribution is 0.0692. The van der Waals surface area contributed by atoms with Crippen molar-refractivity contribution in [3.05, 3.63) is 48.2 Å². The number of halogens is 1. The van der Waals surface area contributed by atoms with Gasteiger partial charge in [-0.1, -0.05) is 0 Å². The summed E-state index contributed by atoms with van der Waals surface area (Å²) in [4.78, 5) is 18.2. The van der Waals surface area contributed by atoms with Crippen molar-refractivity contribution >= 4 is 5.97 Å². The van der Waals surface area contributed by atoms with E-state index >= 15 is 0 Å². The van der Waals surface area contributed by atoms with E-state index in [1.807, 2.05) is 0 Å². The highest BCUT2D eigenvalue weighted by Crippen LogP contribution is 2.22. The molecule has 0 aliphatic carbocycles. The van der Waals surface area contributed by atoms with Crippen LogP contribution in [0, 0.1) is 5.82 Å². The number of nitrogens with zero attached hydrogens (tertiary/aromatic N) is 2. The highest BCUT2D eigenvalue weighted by Gasteiger charge is 2.14. The minimum absolute atomic E-state index is 0.174. The zero-order valence-electron chi connectivity index (χ0n) is 8.50. The maximum Gasteiger partial charge on any atom is 0.341 e. The number of rotatable bonds is 3. The smallest absolute Gasteiger partial charge is 0.341 e. The first-order valence-electron chi connectivity index (χ1n) is 4.63. The molecule has 5 nitrogen and oxygen atoms in total. The summed E-state index contributed by atoms with van der Waals surface area (Å²) in [6, 6.07) is 4.06. The fourth-order valence-corrected chi connectivity index (χ4v) is 1.18. The van der Waals surface area contributed by atoms with Crippen molar-refractivity contribution in [2.24, 2.45) is 0 Å². The average Bonchev–Trinajstić information content (AvgIpc) is 2.32. The predicted octanol–water partition coefficient (Wildman–Crippen LogP) is 2.11. The zero-order chi connectivity index (χ0) is 12.3. The Hall–Kier alpha value is -2.50. The van der Waals surface area contributed by atoms with Crippen LogP contribution in [0.25, 0.3) is 0 Å². The largest absolute Gasteiger partial charge is 0.477 e. The van der Waals surface area contributed by atoms with Gasteiger partial charge in [-0.2, -0.15) is 0 Å². The SMILES string of the molecule is O=C(O)c1cc(F)cnc1Oc1cccnc1. The third-order valence-electron chi connectivity index (χ3n) is 1.90. The number of carboxylic acids is 1. The maximum absolute atomic E-state index is 12.9. The van der Waals surface area contributed by atoms with E-state index in [2.05, 4.69) is 9.97 Å². The van der Waals surface area contributed by atoms with Crippen molar-refractivity contribution in [1.82, 2.24) is 9.97 Å². The van der Waals surface area contributed by atoms with Gasteiger partial charge in [0.1, 0.15) is 17.1 Å². The first-order chi connectivity index (χ1) is 8.16. The fraction of sp³-hybridized carbons (Fsp3) is 0. The minimum atomic E-state index is -1.31. The Balaban J connectivity index is 2.36. The Morgan fingerprint density at radius 1 is 1.41 bits per heavy atom. The summed E-state index contributed by atoms with van der Waals surface area (Å²) in [6.45, 7) is 0. The Morgan fingerprint density at radius 3 is 2.88 bits per heavy atom. The van der Waals surface area contributed by atoms with Crippen molar-refractivity contribution in [3.63, 3.8) is 0 Å². The molecular formula is C11H7FN2O3. The van der Waals surface area contributed by atoms with Gasteiger partial charge in [-0.05, 0) is 18.2 Å². The van der Waals surface area contributed by atoms with Gasteiger partial charge in [-0.25, -0.2) is 14.2 Å². The summed E-state index contributed by atoms with van der Waals surface area (Å²) in [7, 11) is 0. The standard InChI is InChI=1S/C11H7FN2O3/c12-7-4-9(11(15)16)10(14-5-7)17-8-2-1-3-13-6-8/h1-6H,(H,15,16). The molecule has 0 unspecified atom stereocenters. The van der Waals surface area contributed by atoms with Crippen molar-refractivity contribution in [1.29, 1.82) is 0 Å². The number of ether oxygens (including phenoxy) is 1. The molecule has 0 fully saturated rings. The van der Waals surface area contributed by atoms with Crippen molar-refractivity contribution < 1.29 is 19.0 Å². The Labute approximate surface area is 95.5 Å². The van der Waals surface area contributed by atoms with Gasteiger partial charge in [0.15, 0.2) is 0 Å². The Bertz CT molecular complexity index is 546. The van der Waals surface area contributed by atoms with Crippen LogP contribution >= 0.6 is 0 Å². The summed E-state index contributed by atoms with van der Waals surface area (Å²) < 4.78 is 18.1. The van der Waals surface area contributed by atoms with Gasteiger partial charge in [-0.15, -0.1) is 0 Å². The van der Waals surface area contributed by atoms with Crippen LogP contribution < -0.4 is 4.74 Å². The monoisotopic (exact) mass is 234 g/mol. The number of pyridine rings is 2. The van der Waals surface area contributed by atoms with Crippen molar-refractivity contribution in [3.8, 4) is 11.6 Å². The van der Waals surface area contributed by atoms with E-state index in [0.29, 0.717) is 5.75 Å². The third kappa shape index (κ3) is 2.54. The van der Waals surface area contributed by atoms with E-state index in [0.717, 1.165) is 12.3 Å². The first kappa shape index (κ1) is 11.0. The summed E-state index contributed by atoms with van der Waals surface area (Å²) in [6.07, 6.45) is 3.83. The highest BCUT2D eigenvalue weighted by atomic mass is 19.1. The van der Waals surface area contributed by atoms with Gasteiger partial charge in [0.05, 0.1) is 12.4 Å². The third-order valence-corrected chi connectivity index (χ3v) is 1.90. The van der Waals surface area contributed by atoms with Crippen LogP contribution in [0.4, 0.5) is 4.39 Å². The topological polar surface area (TPSA) is 72.3 Å². The van der Waals surface area contributed by atoms with E-state index in [4.69, 9.17) is 9.84 Å². The van der Waals surface area contributed by atoms with E-state index in [9.17, 15) is 9.18 Å². The minimum Gasteiger partial charge on any atom is -0.477 e. The Kier molecular flexibility index (Phi) is 2.95. The van der Waals surface area contributed by atoms with Gasteiger partial charge in [0.25, 0.3) is 0 Å². The van der Waals surface area contributed by atoms with E-state index in [1.165, 1.54) is 6.20 Å². The molecule has 0 radical (unpaired) electrons. The fourth-order valence-electron chi connectivity index (χ4n) is 1.18. The molecule has 2 heterocycles. The molecule has 0 aromatic carbocycles. The first-order valence-corrected chi connectivity index (χ1v) is 4.63. The average molecular weight is 234 g/mol. The molecule has 0 atom stereocenters. The van der Waals surface area contributed by atoms with Gasteiger partial charge >= 0.3 is 5.97 Å². The lowest BCUT2D eigenvalue weighted by atomic mass is 10.2. The van der Waals surface area contributed by atoms with Crippen LogP contribution in [0.5, 0.6) is 11.6 Å². The molecule has 17 heavy (non-hydrogen) atoms. The number of carboxylic acid groups (broad SMARTS) is 1. The number of hydrogen-bond acceptors (Lipinski definition) is 4. The lowest BCUT2D eigenvalue weighted by Crippen LogP contribution is -2.03. The second kappa shape index (κ2) is 4.56. The summed E-state index contributed by atoms with van der Waals surface area (Å²) in [5, 5.41) is 8.87.